The van der Waals surface area contributed by atoms with Crippen molar-refractivity contribution in [2.75, 3.05) is 10.0 Å². The van der Waals surface area contributed by atoms with E-state index in [9.17, 15) is 8.42 Å². The average molecular weight is 490 g/mol. The molecule has 0 saturated carbocycles. The number of halogens is 2. The number of hydrogen-bond acceptors (Lipinski definition) is 7. The molecule has 164 valence electrons. The van der Waals surface area contributed by atoms with Crippen molar-refractivity contribution in [3.05, 3.63) is 76.2 Å². The summed E-state index contributed by atoms with van der Waals surface area (Å²) in [6, 6.07) is 13.0. The van der Waals surface area contributed by atoms with Crippen molar-refractivity contribution in [3.8, 4) is 11.3 Å². The number of aromatic nitrogens is 3. The zero-order valence-electron chi connectivity index (χ0n) is 16.9. The Balaban J connectivity index is 1.53. The molecule has 8 nitrogen and oxygen atoms in total. The van der Waals surface area contributed by atoms with E-state index < -0.39 is 10.0 Å². The summed E-state index contributed by atoms with van der Waals surface area (Å²) in [5.41, 5.74) is 3.15. The molecule has 4 rings (SSSR count). The highest BCUT2D eigenvalue weighted by molar-refractivity contribution is 7.92. The molecule has 0 radical (unpaired) electrons. The van der Waals surface area contributed by atoms with E-state index in [2.05, 4.69) is 25.2 Å². The van der Waals surface area contributed by atoms with Gasteiger partial charge in [-0.2, -0.15) is 0 Å². The minimum absolute atomic E-state index is 0.0746. The molecule has 0 aliphatic carbocycles. The maximum Gasteiger partial charge on any atom is 0.264 e. The van der Waals surface area contributed by atoms with Gasteiger partial charge in [-0.05, 0) is 56.3 Å². The summed E-state index contributed by atoms with van der Waals surface area (Å²) in [5.74, 6) is 0.602. The second-order valence-corrected chi connectivity index (χ2v) is 9.42. The van der Waals surface area contributed by atoms with Crippen LogP contribution in [-0.4, -0.2) is 23.5 Å². The fraction of sp³-hybridized carbons (Fsp3) is 0.0952. The fourth-order valence-electron chi connectivity index (χ4n) is 2.82. The van der Waals surface area contributed by atoms with Crippen molar-refractivity contribution in [2.24, 2.45) is 0 Å². The third-order valence-corrected chi connectivity index (χ3v) is 6.60. The SMILES string of the molecule is Cc1noc(NS(=O)(=O)c2ccc(Nc3cc(-c4cc(Cl)ccc4Cl)ncn3)cc2)c1C. The average Bonchev–Trinajstić information content (AvgIpc) is 3.07. The van der Waals surface area contributed by atoms with E-state index >= 15 is 0 Å². The molecular weight excluding hydrogens is 473 g/mol. The first-order valence-corrected chi connectivity index (χ1v) is 11.6. The van der Waals surface area contributed by atoms with Gasteiger partial charge >= 0.3 is 0 Å². The molecule has 0 bridgehead atoms. The maximum atomic E-state index is 12.6. The highest BCUT2D eigenvalue weighted by atomic mass is 35.5. The summed E-state index contributed by atoms with van der Waals surface area (Å²) in [5, 5.41) is 7.93. The molecule has 0 unspecified atom stereocenters. The van der Waals surface area contributed by atoms with Gasteiger partial charge in [0.25, 0.3) is 10.0 Å². The zero-order chi connectivity index (χ0) is 22.9. The number of aryl methyl sites for hydroxylation is 1. The topological polar surface area (TPSA) is 110 Å². The molecule has 4 aromatic rings. The Bertz CT molecular complexity index is 1390. The molecule has 11 heteroatoms. The van der Waals surface area contributed by atoms with Gasteiger partial charge in [-0.3, -0.25) is 0 Å². The number of rotatable bonds is 6. The van der Waals surface area contributed by atoms with Crippen molar-refractivity contribution >= 4 is 50.6 Å². The standard InChI is InChI=1S/C21H17Cl2N5O3S/c1-12-13(2)27-31-21(12)28-32(29,30)16-6-4-15(5-7-16)26-20-10-19(24-11-25-20)17-9-14(22)3-8-18(17)23/h3-11,28H,1-2H3,(H,24,25,26). The lowest BCUT2D eigenvalue weighted by Gasteiger charge is -2.10. The molecule has 0 saturated heterocycles. The van der Waals surface area contributed by atoms with E-state index in [1.165, 1.54) is 18.5 Å². The largest absolute Gasteiger partial charge is 0.340 e. The van der Waals surface area contributed by atoms with Crippen LogP contribution in [0.25, 0.3) is 11.3 Å². The number of anilines is 3. The van der Waals surface area contributed by atoms with E-state index in [4.69, 9.17) is 27.7 Å². The van der Waals surface area contributed by atoms with Gasteiger partial charge in [-0.1, -0.05) is 28.4 Å². The van der Waals surface area contributed by atoms with Crippen LogP contribution in [0.15, 0.2) is 64.3 Å². The molecule has 32 heavy (non-hydrogen) atoms. The van der Waals surface area contributed by atoms with Crippen LogP contribution in [0.4, 0.5) is 17.4 Å². The van der Waals surface area contributed by atoms with Crippen LogP contribution in [0.5, 0.6) is 0 Å². The molecule has 0 amide bonds. The Morgan fingerprint density at radius 2 is 1.72 bits per heavy atom. The molecule has 0 spiro atoms. The fourth-order valence-corrected chi connectivity index (χ4v) is 4.26. The highest BCUT2D eigenvalue weighted by Crippen LogP contribution is 2.30. The Morgan fingerprint density at radius 1 is 0.969 bits per heavy atom. The molecule has 0 atom stereocenters. The lowest BCUT2D eigenvalue weighted by atomic mass is 10.1. The molecule has 0 aliphatic heterocycles. The first-order valence-electron chi connectivity index (χ1n) is 9.33. The summed E-state index contributed by atoms with van der Waals surface area (Å²) in [6.45, 7) is 3.46. The van der Waals surface area contributed by atoms with Crippen LogP contribution in [0, 0.1) is 13.8 Å². The number of nitrogens with zero attached hydrogens (tertiary/aromatic N) is 3. The first kappa shape index (κ1) is 22.1. The van der Waals surface area contributed by atoms with Crippen LogP contribution in [0.1, 0.15) is 11.3 Å². The van der Waals surface area contributed by atoms with Crippen LogP contribution >= 0.6 is 23.2 Å². The third-order valence-electron chi connectivity index (χ3n) is 4.69. The summed E-state index contributed by atoms with van der Waals surface area (Å²) in [7, 11) is -3.83. The van der Waals surface area contributed by atoms with Gasteiger partial charge in [-0.15, -0.1) is 0 Å². The lowest BCUT2D eigenvalue weighted by Crippen LogP contribution is -2.13. The van der Waals surface area contributed by atoms with Crippen LogP contribution < -0.4 is 10.0 Å². The van der Waals surface area contributed by atoms with Crippen LogP contribution in [0.2, 0.25) is 10.0 Å². The number of nitrogens with one attached hydrogen (secondary N) is 2. The van der Waals surface area contributed by atoms with Gasteiger partial charge in [0.1, 0.15) is 12.1 Å². The summed E-state index contributed by atoms with van der Waals surface area (Å²) < 4.78 is 32.7. The van der Waals surface area contributed by atoms with Crippen LogP contribution in [0.3, 0.4) is 0 Å². The molecule has 2 N–H and O–H groups in total. The van der Waals surface area contributed by atoms with Crippen molar-refractivity contribution in [1.29, 1.82) is 0 Å². The van der Waals surface area contributed by atoms with E-state index in [1.54, 1.807) is 50.2 Å². The summed E-state index contributed by atoms with van der Waals surface area (Å²) in [6.07, 6.45) is 1.40. The minimum atomic E-state index is -3.83. The second-order valence-electron chi connectivity index (χ2n) is 6.89. The molecule has 0 aliphatic rings. The lowest BCUT2D eigenvalue weighted by molar-refractivity contribution is 0.430. The van der Waals surface area contributed by atoms with E-state index in [1.807, 2.05) is 0 Å². The normalized spacial score (nSPS) is 11.4. The Morgan fingerprint density at radius 3 is 2.41 bits per heavy atom. The Hall–Kier alpha value is -3.14. The smallest absolute Gasteiger partial charge is 0.264 e. The Kier molecular flexibility index (Phi) is 6.05. The van der Waals surface area contributed by atoms with Crippen LogP contribution in [-0.2, 0) is 10.0 Å². The third kappa shape index (κ3) is 4.69. The number of hydrogen-bond donors (Lipinski definition) is 2. The number of sulfonamides is 1. The monoisotopic (exact) mass is 489 g/mol. The molecule has 2 aromatic carbocycles. The van der Waals surface area contributed by atoms with Crippen molar-refractivity contribution < 1.29 is 12.9 Å². The van der Waals surface area contributed by atoms with Gasteiger partial charge < -0.3 is 9.84 Å². The summed E-state index contributed by atoms with van der Waals surface area (Å²) in [4.78, 5) is 8.53. The number of benzene rings is 2. The molecule has 0 fully saturated rings. The van der Waals surface area contributed by atoms with E-state index in [0.717, 1.165) is 0 Å². The maximum absolute atomic E-state index is 12.6. The van der Waals surface area contributed by atoms with Gasteiger partial charge in [0, 0.05) is 27.9 Å². The van der Waals surface area contributed by atoms with E-state index in [-0.39, 0.29) is 10.8 Å². The quantitative estimate of drug-likeness (QED) is 0.362. The van der Waals surface area contributed by atoms with Gasteiger partial charge in [-0.25, -0.2) is 23.1 Å². The molecular formula is C21H17Cl2N5O3S. The van der Waals surface area contributed by atoms with Gasteiger partial charge in [0.05, 0.1) is 21.3 Å². The second kappa shape index (κ2) is 8.78. The zero-order valence-corrected chi connectivity index (χ0v) is 19.3. The molecule has 2 heterocycles. The highest BCUT2D eigenvalue weighted by Gasteiger charge is 2.19. The summed E-state index contributed by atoms with van der Waals surface area (Å²) >= 11 is 12.3. The first-order chi connectivity index (χ1) is 15.2. The predicted octanol–water partition coefficient (Wildman–Crippen LogP) is 5.60. The van der Waals surface area contributed by atoms with Crippen molar-refractivity contribution in [2.45, 2.75) is 18.7 Å². The van der Waals surface area contributed by atoms with Crippen molar-refractivity contribution in [1.82, 2.24) is 15.1 Å². The minimum Gasteiger partial charge on any atom is -0.340 e. The van der Waals surface area contributed by atoms with Gasteiger partial charge in [0.15, 0.2) is 0 Å². The van der Waals surface area contributed by atoms with E-state index in [0.29, 0.717) is 44.1 Å². The van der Waals surface area contributed by atoms with Crippen molar-refractivity contribution in [3.63, 3.8) is 0 Å². The Labute approximate surface area is 194 Å². The van der Waals surface area contributed by atoms with Gasteiger partial charge in [0.2, 0.25) is 5.88 Å². The molecule has 2 aromatic heterocycles. The predicted molar refractivity (Wildman–Crippen MR) is 124 cm³/mol.